The zero-order valence-electron chi connectivity index (χ0n) is 9.55. The van der Waals surface area contributed by atoms with Crippen LogP contribution in [0.1, 0.15) is 56.7 Å². The van der Waals surface area contributed by atoms with E-state index in [0.717, 1.165) is 0 Å². The lowest BCUT2D eigenvalue weighted by Gasteiger charge is -2.05. The molecule has 0 fully saturated rings. The van der Waals surface area contributed by atoms with E-state index >= 15 is 0 Å². The molecule has 1 heterocycles. The summed E-state index contributed by atoms with van der Waals surface area (Å²) in [6, 6.07) is 0. The van der Waals surface area contributed by atoms with Crippen molar-refractivity contribution in [2.75, 3.05) is 0 Å². The van der Waals surface area contributed by atoms with Gasteiger partial charge in [0.15, 0.2) is 0 Å². The molecule has 0 amide bonds. The third-order valence-electron chi connectivity index (χ3n) is 2.52. The molecule has 0 saturated carbocycles. The van der Waals surface area contributed by atoms with Crippen LogP contribution in [0.4, 0.5) is 0 Å². The van der Waals surface area contributed by atoms with E-state index in [4.69, 9.17) is 0 Å². The van der Waals surface area contributed by atoms with Crippen LogP contribution in [0, 0.1) is 6.92 Å². The Morgan fingerprint density at radius 1 is 1.08 bits per heavy atom. The molecule has 2 heteroatoms. The van der Waals surface area contributed by atoms with Gasteiger partial charge in [0.25, 0.3) is 0 Å². The molecule has 0 saturated heterocycles. The highest BCUT2D eigenvalue weighted by atomic mass is 15.1. The SMILES string of the molecule is Cc1c(C(C)C)nc(C(C)C)n1C. The van der Waals surface area contributed by atoms with Gasteiger partial charge in [-0.3, -0.25) is 0 Å². The summed E-state index contributed by atoms with van der Waals surface area (Å²) in [5, 5.41) is 0. The van der Waals surface area contributed by atoms with E-state index in [1.165, 1.54) is 17.2 Å². The van der Waals surface area contributed by atoms with E-state index in [1.807, 2.05) is 0 Å². The van der Waals surface area contributed by atoms with Crippen LogP contribution in [0.5, 0.6) is 0 Å². The molecular formula is C11H20N2. The van der Waals surface area contributed by atoms with E-state index in [0.29, 0.717) is 11.8 Å². The molecule has 0 unspecified atom stereocenters. The molecule has 1 aromatic rings. The topological polar surface area (TPSA) is 17.8 Å². The predicted molar refractivity (Wildman–Crippen MR) is 56.1 cm³/mol. The molecular weight excluding hydrogens is 160 g/mol. The summed E-state index contributed by atoms with van der Waals surface area (Å²) in [4.78, 5) is 4.67. The maximum Gasteiger partial charge on any atom is 0.111 e. The zero-order chi connectivity index (χ0) is 10.2. The zero-order valence-corrected chi connectivity index (χ0v) is 9.55. The average Bonchev–Trinajstić information content (AvgIpc) is 2.29. The first-order valence-corrected chi connectivity index (χ1v) is 4.98. The number of hydrogen-bond donors (Lipinski definition) is 0. The summed E-state index contributed by atoms with van der Waals surface area (Å²) in [6.07, 6.45) is 0. The van der Waals surface area contributed by atoms with Crippen LogP contribution >= 0.6 is 0 Å². The highest BCUT2D eigenvalue weighted by molar-refractivity contribution is 5.19. The fourth-order valence-electron chi connectivity index (χ4n) is 1.69. The van der Waals surface area contributed by atoms with Crippen LogP contribution in [-0.2, 0) is 7.05 Å². The molecule has 0 aliphatic rings. The minimum atomic E-state index is 0.510. The molecule has 1 aromatic heterocycles. The van der Waals surface area contributed by atoms with Gasteiger partial charge in [-0.1, -0.05) is 27.7 Å². The monoisotopic (exact) mass is 180 g/mol. The number of aromatic nitrogens is 2. The number of rotatable bonds is 2. The largest absolute Gasteiger partial charge is 0.335 e. The van der Waals surface area contributed by atoms with Crippen molar-refractivity contribution in [3.05, 3.63) is 17.2 Å². The van der Waals surface area contributed by atoms with E-state index < -0.39 is 0 Å². The Kier molecular flexibility index (Phi) is 2.79. The maximum absolute atomic E-state index is 4.67. The van der Waals surface area contributed by atoms with E-state index in [1.54, 1.807) is 0 Å². The van der Waals surface area contributed by atoms with Crippen LogP contribution < -0.4 is 0 Å². The van der Waals surface area contributed by atoms with Crippen molar-refractivity contribution >= 4 is 0 Å². The first-order valence-electron chi connectivity index (χ1n) is 4.98. The minimum Gasteiger partial charge on any atom is -0.335 e. The Hall–Kier alpha value is -0.790. The predicted octanol–water partition coefficient (Wildman–Crippen LogP) is 2.98. The lowest BCUT2D eigenvalue weighted by molar-refractivity contribution is 0.700. The minimum absolute atomic E-state index is 0.510. The van der Waals surface area contributed by atoms with E-state index in [2.05, 4.69) is 51.2 Å². The molecule has 13 heavy (non-hydrogen) atoms. The second-order valence-electron chi connectivity index (χ2n) is 4.31. The lowest BCUT2D eigenvalue weighted by Crippen LogP contribution is -2.00. The van der Waals surface area contributed by atoms with E-state index in [-0.39, 0.29) is 0 Å². The highest BCUT2D eigenvalue weighted by Gasteiger charge is 2.15. The fourth-order valence-corrected chi connectivity index (χ4v) is 1.69. The molecule has 0 N–H and O–H groups in total. The summed E-state index contributed by atoms with van der Waals surface area (Å²) in [5.41, 5.74) is 2.55. The van der Waals surface area contributed by atoms with Crippen LogP contribution in [0.2, 0.25) is 0 Å². The van der Waals surface area contributed by atoms with Crippen molar-refractivity contribution in [3.63, 3.8) is 0 Å². The van der Waals surface area contributed by atoms with E-state index in [9.17, 15) is 0 Å². The molecule has 1 rings (SSSR count). The Bertz CT molecular complexity index is 267. The van der Waals surface area contributed by atoms with Gasteiger partial charge in [0, 0.05) is 18.7 Å². The van der Waals surface area contributed by atoms with Crippen molar-refractivity contribution in [2.45, 2.75) is 46.5 Å². The van der Waals surface area contributed by atoms with Crippen LogP contribution in [0.25, 0.3) is 0 Å². The number of nitrogens with zero attached hydrogens (tertiary/aromatic N) is 2. The quantitative estimate of drug-likeness (QED) is 0.684. The summed E-state index contributed by atoms with van der Waals surface area (Å²) in [6.45, 7) is 10.9. The van der Waals surface area contributed by atoms with Gasteiger partial charge in [0.2, 0.25) is 0 Å². The highest BCUT2D eigenvalue weighted by Crippen LogP contribution is 2.22. The Morgan fingerprint density at radius 2 is 1.62 bits per heavy atom. The second kappa shape index (κ2) is 3.52. The van der Waals surface area contributed by atoms with Gasteiger partial charge in [-0.15, -0.1) is 0 Å². The Labute approximate surface area is 81.0 Å². The average molecular weight is 180 g/mol. The molecule has 74 valence electrons. The summed E-state index contributed by atoms with van der Waals surface area (Å²) in [7, 11) is 2.10. The molecule has 0 atom stereocenters. The molecule has 0 aliphatic heterocycles. The van der Waals surface area contributed by atoms with Gasteiger partial charge in [-0.25, -0.2) is 4.98 Å². The molecule has 0 radical (unpaired) electrons. The summed E-state index contributed by atoms with van der Waals surface area (Å²) < 4.78 is 2.21. The van der Waals surface area contributed by atoms with Crippen LogP contribution in [-0.4, -0.2) is 9.55 Å². The first kappa shape index (κ1) is 10.3. The van der Waals surface area contributed by atoms with Gasteiger partial charge in [-0.2, -0.15) is 0 Å². The van der Waals surface area contributed by atoms with Crippen molar-refractivity contribution in [1.29, 1.82) is 0 Å². The number of imidazole rings is 1. The molecule has 0 spiro atoms. The van der Waals surface area contributed by atoms with Gasteiger partial charge in [-0.05, 0) is 12.8 Å². The molecule has 0 bridgehead atoms. The third kappa shape index (κ3) is 1.77. The Balaban J connectivity index is 3.20. The van der Waals surface area contributed by atoms with Crippen molar-refractivity contribution in [1.82, 2.24) is 9.55 Å². The van der Waals surface area contributed by atoms with Crippen molar-refractivity contribution < 1.29 is 0 Å². The molecule has 0 aromatic carbocycles. The third-order valence-corrected chi connectivity index (χ3v) is 2.52. The fraction of sp³-hybridized carbons (Fsp3) is 0.727. The molecule has 0 aliphatic carbocycles. The standard InChI is InChI=1S/C11H20N2/c1-7(2)10-9(5)13(6)11(12-10)8(3)4/h7-8H,1-6H3. The first-order chi connectivity index (χ1) is 5.95. The lowest BCUT2D eigenvalue weighted by atomic mass is 10.1. The second-order valence-corrected chi connectivity index (χ2v) is 4.31. The van der Waals surface area contributed by atoms with Gasteiger partial charge >= 0.3 is 0 Å². The maximum atomic E-state index is 4.67. The Morgan fingerprint density at radius 3 is 1.85 bits per heavy atom. The van der Waals surface area contributed by atoms with Gasteiger partial charge in [0.1, 0.15) is 5.82 Å². The van der Waals surface area contributed by atoms with Gasteiger partial charge in [0.05, 0.1) is 5.69 Å². The van der Waals surface area contributed by atoms with Crippen LogP contribution in [0.3, 0.4) is 0 Å². The molecule has 2 nitrogen and oxygen atoms in total. The van der Waals surface area contributed by atoms with Crippen molar-refractivity contribution in [2.24, 2.45) is 7.05 Å². The normalized spacial score (nSPS) is 11.7. The van der Waals surface area contributed by atoms with Crippen molar-refractivity contribution in [3.8, 4) is 0 Å². The summed E-state index contributed by atoms with van der Waals surface area (Å²) in [5.74, 6) is 2.23. The number of hydrogen-bond acceptors (Lipinski definition) is 1. The van der Waals surface area contributed by atoms with Gasteiger partial charge < -0.3 is 4.57 Å². The van der Waals surface area contributed by atoms with Crippen LogP contribution in [0.15, 0.2) is 0 Å². The summed E-state index contributed by atoms with van der Waals surface area (Å²) >= 11 is 0. The smallest absolute Gasteiger partial charge is 0.111 e.